The number of nitrogens with one attached hydrogen (secondary N) is 1. The number of rotatable bonds is 7. The molecule has 0 fully saturated rings. The standard InChI is InChI=1S/C20H22N4O5S/c1-13-16(6-5-7-17(13)24(2)30(4,26)27)20(25)21-12-18-22-19(23-29-18)14-8-10-15(28-3)11-9-14/h5-11H,12H2,1-4H3,(H,21,25). The third-order valence-electron chi connectivity index (χ3n) is 4.60. The van der Waals surface area contributed by atoms with Gasteiger partial charge >= 0.3 is 0 Å². The number of anilines is 1. The van der Waals surface area contributed by atoms with E-state index in [-0.39, 0.29) is 18.3 Å². The molecule has 1 N–H and O–H groups in total. The number of carbonyl (C=O) groups is 1. The molecule has 158 valence electrons. The van der Waals surface area contributed by atoms with Gasteiger partial charge in [0.25, 0.3) is 5.91 Å². The highest BCUT2D eigenvalue weighted by atomic mass is 32.2. The number of nitrogens with zero attached hydrogens (tertiary/aromatic N) is 3. The van der Waals surface area contributed by atoms with Crippen LogP contribution in [0.4, 0.5) is 5.69 Å². The first-order chi connectivity index (χ1) is 14.2. The molecule has 1 amide bonds. The van der Waals surface area contributed by atoms with E-state index in [2.05, 4.69) is 15.5 Å². The quantitative estimate of drug-likeness (QED) is 0.612. The molecular weight excluding hydrogens is 408 g/mol. The van der Waals surface area contributed by atoms with Gasteiger partial charge in [-0.25, -0.2) is 8.42 Å². The number of ether oxygens (including phenoxy) is 1. The zero-order valence-electron chi connectivity index (χ0n) is 17.0. The number of carbonyl (C=O) groups excluding carboxylic acids is 1. The van der Waals surface area contributed by atoms with Crippen molar-refractivity contribution in [2.75, 3.05) is 24.7 Å². The molecular formula is C20H22N4O5S. The van der Waals surface area contributed by atoms with Crippen LogP contribution in [0.3, 0.4) is 0 Å². The Morgan fingerprint density at radius 3 is 2.53 bits per heavy atom. The lowest BCUT2D eigenvalue weighted by Gasteiger charge is -2.20. The molecule has 0 aliphatic rings. The molecule has 3 rings (SSSR count). The lowest BCUT2D eigenvalue weighted by molar-refractivity contribution is 0.0945. The Labute approximate surface area is 174 Å². The molecule has 0 radical (unpaired) electrons. The summed E-state index contributed by atoms with van der Waals surface area (Å²) in [4.78, 5) is 16.9. The smallest absolute Gasteiger partial charge is 0.252 e. The number of hydrogen-bond donors (Lipinski definition) is 1. The predicted molar refractivity (Wildman–Crippen MR) is 112 cm³/mol. The Morgan fingerprint density at radius 2 is 1.90 bits per heavy atom. The maximum absolute atomic E-state index is 12.6. The molecule has 0 saturated heterocycles. The number of hydrogen-bond acceptors (Lipinski definition) is 7. The third-order valence-corrected chi connectivity index (χ3v) is 5.79. The second-order valence-corrected chi connectivity index (χ2v) is 8.62. The van der Waals surface area contributed by atoms with Gasteiger partial charge in [-0.15, -0.1) is 0 Å². The molecule has 0 bridgehead atoms. The van der Waals surface area contributed by atoms with Crippen LogP contribution in [0.15, 0.2) is 47.0 Å². The van der Waals surface area contributed by atoms with Crippen molar-refractivity contribution in [3.63, 3.8) is 0 Å². The maximum Gasteiger partial charge on any atom is 0.252 e. The van der Waals surface area contributed by atoms with E-state index in [0.717, 1.165) is 16.1 Å². The Kier molecular flexibility index (Phi) is 6.06. The molecule has 9 nitrogen and oxygen atoms in total. The first-order valence-corrected chi connectivity index (χ1v) is 10.8. The zero-order valence-corrected chi connectivity index (χ0v) is 17.9. The van der Waals surface area contributed by atoms with Crippen LogP contribution >= 0.6 is 0 Å². The second-order valence-electron chi connectivity index (χ2n) is 6.60. The molecule has 0 aliphatic carbocycles. The van der Waals surface area contributed by atoms with Gasteiger partial charge in [-0.3, -0.25) is 9.10 Å². The minimum absolute atomic E-state index is 0.0353. The van der Waals surface area contributed by atoms with Crippen LogP contribution in [-0.4, -0.2) is 44.9 Å². The van der Waals surface area contributed by atoms with Gasteiger partial charge in [0.1, 0.15) is 5.75 Å². The summed E-state index contributed by atoms with van der Waals surface area (Å²) in [5.41, 5.74) is 2.10. The van der Waals surface area contributed by atoms with Crippen LogP contribution in [-0.2, 0) is 16.6 Å². The third kappa shape index (κ3) is 4.60. The van der Waals surface area contributed by atoms with Gasteiger partial charge in [-0.05, 0) is 48.9 Å². The summed E-state index contributed by atoms with van der Waals surface area (Å²) in [5, 5.41) is 6.64. The predicted octanol–water partition coefficient (Wildman–Crippen LogP) is 2.38. The van der Waals surface area contributed by atoms with Crippen molar-refractivity contribution in [1.29, 1.82) is 0 Å². The topological polar surface area (TPSA) is 115 Å². The monoisotopic (exact) mass is 430 g/mol. The Bertz CT molecular complexity index is 1160. The number of aromatic nitrogens is 2. The highest BCUT2D eigenvalue weighted by molar-refractivity contribution is 7.92. The number of sulfonamides is 1. The highest BCUT2D eigenvalue weighted by Gasteiger charge is 2.19. The minimum atomic E-state index is -3.44. The van der Waals surface area contributed by atoms with E-state index in [1.807, 2.05) is 0 Å². The molecule has 0 saturated carbocycles. The minimum Gasteiger partial charge on any atom is -0.497 e. The van der Waals surface area contributed by atoms with Crippen molar-refractivity contribution in [2.24, 2.45) is 0 Å². The van der Waals surface area contributed by atoms with E-state index < -0.39 is 10.0 Å². The SMILES string of the molecule is COc1ccc(-c2noc(CNC(=O)c3cccc(N(C)S(C)(=O)=O)c3C)n2)cc1. The zero-order chi connectivity index (χ0) is 21.9. The lowest BCUT2D eigenvalue weighted by Crippen LogP contribution is -2.28. The van der Waals surface area contributed by atoms with E-state index in [0.29, 0.717) is 28.4 Å². The van der Waals surface area contributed by atoms with E-state index in [1.165, 1.54) is 7.05 Å². The van der Waals surface area contributed by atoms with Gasteiger partial charge < -0.3 is 14.6 Å². The number of amides is 1. The van der Waals surface area contributed by atoms with Gasteiger partial charge in [-0.2, -0.15) is 4.98 Å². The van der Waals surface area contributed by atoms with E-state index in [4.69, 9.17) is 9.26 Å². The summed E-state index contributed by atoms with van der Waals surface area (Å²) in [6.07, 6.45) is 1.11. The van der Waals surface area contributed by atoms with Crippen molar-refractivity contribution >= 4 is 21.6 Å². The van der Waals surface area contributed by atoms with E-state index in [9.17, 15) is 13.2 Å². The van der Waals surface area contributed by atoms with Crippen LogP contribution in [0, 0.1) is 6.92 Å². The summed E-state index contributed by atoms with van der Waals surface area (Å²) >= 11 is 0. The van der Waals surface area contributed by atoms with Crippen molar-refractivity contribution in [2.45, 2.75) is 13.5 Å². The van der Waals surface area contributed by atoms with Gasteiger partial charge in [0, 0.05) is 18.2 Å². The fourth-order valence-electron chi connectivity index (χ4n) is 2.82. The summed E-state index contributed by atoms with van der Waals surface area (Å²) in [5.74, 6) is 0.986. The molecule has 2 aromatic carbocycles. The second kappa shape index (κ2) is 8.54. The van der Waals surface area contributed by atoms with Crippen LogP contribution in [0.1, 0.15) is 21.8 Å². The Hall–Kier alpha value is -3.40. The highest BCUT2D eigenvalue weighted by Crippen LogP contribution is 2.24. The molecule has 10 heteroatoms. The molecule has 1 aromatic heterocycles. The number of methoxy groups -OCH3 is 1. The normalized spacial score (nSPS) is 11.2. The fourth-order valence-corrected chi connectivity index (χ4v) is 3.38. The van der Waals surface area contributed by atoms with Gasteiger partial charge in [0.05, 0.1) is 25.6 Å². The lowest BCUT2D eigenvalue weighted by atomic mass is 10.1. The first kappa shape index (κ1) is 21.3. The average molecular weight is 430 g/mol. The van der Waals surface area contributed by atoms with Crippen LogP contribution in [0.5, 0.6) is 5.75 Å². The molecule has 3 aromatic rings. The van der Waals surface area contributed by atoms with Crippen LogP contribution in [0.25, 0.3) is 11.4 Å². The molecule has 30 heavy (non-hydrogen) atoms. The molecule has 1 heterocycles. The van der Waals surface area contributed by atoms with E-state index >= 15 is 0 Å². The van der Waals surface area contributed by atoms with Crippen LogP contribution < -0.4 is 14.4 Å². The molecule has 0 aliphatic heterocycles. The van der Waals surface area contributed by atoms with Crippen LogP contribution in [0.2, 0.25) is 0 Å². The van der Waals surface area contributed by atoms with Crippen molar-refractivity contribution < 1.29 is 22.5 Å². The summed E-state index contributed by atoms with van der Waals surface area (Å²) < 4.78 is 35.1. The molecule has 0 spiro atoms. The Balaban J connectivity index is 1.71. The first-order valence-electron chi connectivity index (χ1n) is 8.99. The van der Waals surface area contributed by atoms with Crippen molar-refractivity contribution in [1.82, 2.24) is 15.5 Å². The van der Waals surface area contributed by atoms with Crippen molar-refractivity contribution in [3.05, 3.63) is 59.5 Å². The molecule has 0 unspecified atom stereocenters. The van der Waals surface area contributed by atoms with Gasteiger partial charge in [-0.1, -0.05) is 11.2 Å². The fraction of sp³-hybridized carbons (Fsp3) is 0.250. The summed E-state index contributed by atoms with van der Waals surface area (Å²) in [7, 11) is -0.417. The maximum atomic E-state index is 12.6. The number of benzene rings is 2. The van der Waals surface area contributed by atoms with Crippen molar-refractivity contribution in [3.8, 4) is 17.1 Å². The average Bonchev–Trinajstić information content (AvgIpc) is 3.20. The van der Waals surface area contributed by atoms with Gasteiger partial charge in [0.2, 0.25) is 21.7 Å². The summed E-state index contributed by atoms with van der Waals surface area (Å²) in [6.45, 7) is 1.73. The van der Waals surface area contributed by atoms with Gasteiger partial charge in [0.15, 0.2) is 0 Å². The van der Waals surface area contributed by atoms with E-state index in [1.54, 1.807) is 56.5 Å². The Morgan fingerprint density at radius 1 is 1.20 bits per heavy atom. The summed E-state index contributed by atoms with van der Waals surface area (Å²) in [6, 6.07) is 12.1. The largest absolute Gasteiger partial charge is 0.497 e. The molecule has 0 atom stereocenters.